The van der Waals surface area contributed by atoms with E-state index >= 15 is 0 Å². The first kappa shape index (κ1) is 26.4. The second-order valence-electron chi connectivity index (χ2n) is 9.49. The molecule has 0 aliphatic rings. The average molecular weight is 704 g/mol. The maximum atomic E-state index is 4.94. The van der Waals surface area contributed by atoms with Crippen molar-refractivity contribution >= 4 is 10.8 Å². The summed E-state index contributed by atoms with van der Waals surface area (Å²) < 4.78 is 0. The zero-order valence-corrected chi connectivity index (χ0v) is 24.3. The Kier molecular flexibility index (Phi) is 7.55. The van der Waals surface area contributed by atoms with Crippen LogP contribution in [0.2, 0.25) is 0 Å². The maximum Gasteiger partial charge on any atom is 0.164 e. The minimum Gasteiger partial charge on any atom is -0.304 e. The third-order valence-electron chi connectivity index (χ3n) is 6.91. The Hall–Kier alpha value is -4.83. The third-order valence-corrected chi connectivity index (χ3v) is 6.91. The molecular formula is C36H23IrN4-. The van der Waals surface area contributed by atoms with Gasteiger partial charge in [0.05, 0.1) is 0 Å². The van der Waals surface area contributed by atoms with E-state index in [9.17, 15) is 0 Å². The van der Waals surface area contributed by atoms with Crippen molar-refractivity contribution in [1.82, 2.24) is 19.9 Å². The number of fused-ring (bicyclic) bond motifs is 1. The second-order valence-corrected chi connectivity index (χ2v) is 9.49. The van der Waals surface area contributed by atoms with Gasteiger partial charge < -0.3 is 4.98 Å². The van der Waals surface area contributed by atoms with Crippen LogP contribution in [0.15, 0.2) is 140 Å². The summed E-state index contributed by atoms with van der Waals surface area (Å²) >= 11 is 0. The first-order valence-corrected chi connectivity index (χ1v) is 13.2. The summed E-state index contributed by atoms with van der Waals surface area (Å²) in [6.45, 7) is 0. The molecule has 5 aromatic carbocycles. The number of rotatable bonds is 5. The van der Waals surface area contributed by atoms with Gasteiger partial charge in [-0.15, -0.1) is 29.8 Å². The van der Waals surface area contributed by atoms with Crippen molar-refractivity contribution in [2.75, 3.05) is 0 Å². The number of benzene rings is 5. The van der Waals surface area contributed by atoms with Crippen molar-refractivity contribution in [1.29, 1.82) is 0 Å². The molecule has 2 aromatic heterocycles. The van der Waals surface area contributed by atoms with E-state index in [1.54, 1.807) is 0 Å². The van der Waals surface area contributed by atoms with Crippen LogP contribution in [0.25, 0.3) is 67.3 Å². The Labute approximate surface area is 252 Å². The number of nitrogens with zero attached hydrogens (tertiary/aromatic N) is 4. The maximum absolute atomic E-state index is 4.94. The summed E-state index contributed by atoms with van der Waals surface area (Å²) in [6.07, 6.45) is 1.84. The fourth-order valence-corrected chi connectivity index (χ4v) is 4.87. The molecule has 0 atom stereocenters. The van der Waals surface area contributed by atoms with Crippen LogP contribution in [-0.4, -0.2) is 19.9 Å². The number of pyridine rings is 1. The summed E-state index contributed by atoms with van der Waals surface area (Å²) in [7, 11) is 0. The first-order valence-electron chi connectivity index (χ1n) is 13.2. The van der Waals surface area contributed by atoms with Gasteiger partial charge in [0, 0.05) is 37.4 Å². The van der Waals surface area contributed by atoms with Crippen LogP contribution in [0.5, 0.6) is 0 Å². The predicted octanol–water partition coefficient (Wildman–Crippen LogP) is 8.55. The standard InChI is InChI=1S/C36H23N4.Ir/c1-3-10-25(11-4-1)26-18-20-29(21-19-26)35-38-34(28-13-5-2-6-14-28)39-36(40-35)31-16-9-15-30(24-31)33-32-17-8-7-12-27(32)22-23-37-33;/h1-14,16-24H;/q-1;. The monoisotopic (exact) mass is 704 g/mol. The molecular weight excluding hydrogens is 681 g/mol. The molecule has 41 heavy (non-hydrogen) atoms. The average Bonchev–Trinajstić information content (AvgIpc) is 3.05. The molecule has 5 heteroatoms. The summed E-state index contributed by atoms with van der Waals surface area (Å²) in [5.41, 5.74) is 6.84. The third kappa shape index (κ3) is 5.46. The Morgan fingerprint density at radius 2 is 1.00 bits per heavy atom. The van der Waals surface area contributed by atoms with Gasteiger partial charge in [0.25, 0.3) is 0 Å². The predicted molar refractivity (Wildman–Crippen MR) is 161 cm³/mol. The molecule has 0 aliphatic carbocycles. The summed E-state index contributed by atoms with van der Waals surface area (Å²) in [5.74, 6) is 1.86. The van der Waals surface area contributed by atoms with Crippen molar-refractivity contribution in [3.8, 4) is 56.5 Å². The van der Waals surface area contributed by atoms with Crippen molar-refractivity contribution in [3.05, 3.63) is 146 Å². The molecule has 0 saturated carbocycles. The van der Waals surface area contributed by atoms with Gasteiger partial charge in [-0.3, -0.25) is 0 Å². The number of aromatic nitrogens is 4. The molecule has 0 unspecified atom stereocenters. The summed E-state index contributed by atoms with van der Waals surface area (Å²) in [4.78, 5) is 19.4. The fraction of sp³-hybridized carbons (Fsp3) is 0. The molecule has 7 rings (SSSR count). The SMILES string of the molecule is [Ir].[c-]1ccc(-c2nc(-c3ccccc3)nc(-c3ccc(-c4ccccc4)cc3)n2)cc1-c1nccc2ccccc12. The van der Waals surface area contributed by atoms with Crippen LogP contribution < -0.4 is 0 Å². The van der Waals surface area contributed by atoms with Gasteiger partial charge in [-0.2, -0.15) is 0 Å². The first-order chi connectivity index (χ1) is 19.8. The van der Waals surface area contributed by atoms with Gasteiger partial charge in [0.15, 0.2) is 11.6 Å². The molecule has 2 heterocycles. The van der Waals surface area contributed by atoms with Gasteiger partial charge in [0.2, 0.25) is 0 Å². The molecule has 0 fully saturated rings. The molecule has 0 aliphatic heterocycles. The molecule has 1 radical (unpaired) electrons. The summed E-state index contributed by atoms with van der Waals surface area (Å²) in [5, 5.41) is 2.22. The van der Waals surface area contributed by atoms with Crippen LogP contribution in [0.3, 0.4) is 0 Å². The largest absolute Gasteiger partial charge is 0.304 e. The molecule has 0 spiro atoms. The molecule has 7 aromatic rings. The Balaban J connectivity index is 0.00000302. The van der Waals surface area contributed by atoms with Crippen LogP contribution in [0.1, 0.15) is 0 Å². The van der Waals surface area contributed by atoms with Crippen LogP contribution >= 0.6 is 0 Å². The van der Waals surface area contributed by atoms with E-state index in [-0.39, 0.29) is 20.1 Å². The van der Waals surface area contributed by atoms with Gasteiger partial charge in [0.1, 0.15) is 5.82 Å². The molecule has 197 valence electrons. The normalized spacial score (nSPS) is 10.7. The number of hydrogen-bond acceptors (Lipinski definition) is 4. The van der Waals surface area contributed by atoms with E-state index in [2.05, 4.69) is 60.7 Å². The minimum atomic E-state index is 0. The van der Waals surface area contributed by atoms with E-state index in [0.717, 1.165) is 44.3 Å². The van der Waals surface area contributed by atoms with Gasteiger partial charge >= 0.3 is 0 Å². The van der Waals surface area contributed by atoms with Crippen LogP contribution in [0, 0.1) is 6.07 Å². The van der Waals surface area contributed by atoms with Crippen molar-refractivity contribution in [3.63, 3.8) is 0 Å². The van der Waals surface area contributed by atoms with E-state index < -0.39 is 0 Å². The van der Waals surface area contributed by atoms with E-state index in [0.29, 0.717) is 17.5 Å². The molecule has 0 amide bonds. The summed E-state index contributed by atoms with van der Waals surface area (Å²) in [6, 6.07) is 48.3. The zero-order valence-electron chi connectivity index (χ0n) is 21.9. The number of hydrogen-bond donors (Lipinski definition) is 0. The fourth-order valence-electron chi connectivity index (χ4n) is 4.87. The quantitative estimate of drug-likeness (QED) is 0.169. The van der Waals surface area contributed by atoms with Gasteiger partial charge in [-0.1, -0.05) is 115 Å². The molecule has 0 bridgehead atoms. The zero-order chi connectivity index (χ0) is 26.7. The molecule has 0 N–H and O–H groups in total. The minimum absolute atomic E-state index is 0. The Morgan fingerprint density at radius 1 is 0.463 bits per heavy atom. The van der Waals surface area contributed by atoms with Crippen LogP contribution in [0.4, 0.5) is 0 Å². The van der Waals surface area contributed by atoms with Gasteiger partial charge in [-0.05, 0) is 33.7 Å². The smallest absolute Gasteiger partial charge is 0.164 e. The Morgan fingerprint density at radius 3 is 1.71 bits per heavy atom. The van der Waals surface area contributed by atoms with E-state index in [1.165, 1.54) is 5.56 Å². The second kappa shape index (κ2) is 11.7. The van der Waals surface area contributed by atoms with Gasteiger partial charge in [-0.25, -0.2) is 15.0 Å². The molecule has 4 nitrogen and oxygen atoms in total. The topological polar surface area (TPSA) is 51.6 Å². The van der Waals surface area contributed by atoms with Crippen molar-refractivity contribution in [2.24, 2.45) is 0 Å². The Bertz CT molecular complexity index is 1930. The molecule has 0 saturated heterocycles. The van der Waals surface area contributed by atoms with Crippen molar-refractivity contribution < 1.29 is 20.1 Å². The van der Waals surface area contributed by atoms with E-state index in [4.69, 9.17) is 19.9 Å². The van der Waals surface area contributed by atoms with Crippen LogP contribution in [-0.2, 0) is 20.1 Å². The van der Waals surface area contributed by atoms with E-state index in [1.807, 2.05) is 85.1 Å². The van der Waals surface area contributed by atoms with Crippen molar-refractivity contribution in [2.45, 2.75) is 0 Å².